The Morgan fingerprint density at radius 1 is 1.26 bits per heavy atom. The third kappa shape index (κ3) is 3.80. The highest BCUT2D eigenvalue weighted by Gasteiger charge is 2.31. The SMILES string of the molecule is CN(c1cc(C(=O)NC2CCCC2)ncn1)C1CCS(=O)(=O)C1. The predicted molar refractivity (Wildman–Crippen MR) is 87.2 cm³/mol. The van der Waals surface area contributed by atoms with E-state index < -0.39 is 9.84 Å². The summed E-state index contributed by atoms with van der Waals surface area (Å²) in [6.07, 6.45) is 6.29. The number of sulfone groups is 1. The first-order valence-corrected chi connectivity index (χ1v) is 9.83. The zero-order chi connectivity index (χ0) is 16.4. The van der Waals surface area contributed by atoms with Gasteiger partial charge in [0.15, 0.2) is 9.84 Å². The summed E-state index contributed by atoms with van der Waals surface area (Å²) in [5, 5.41) is 3.00. The van der Waals surface area contributed by atoms with Crippen molar-refractivity contribution in [2.75, 3.05) is 23.5 Å². The van der Waals surface area contributed by atoms with Crippen molar-refractivity contribution in [1.29, 1.82) is 0 Å². The van der Waals surface area contributed by atoms with Gasteiger partial charge in [-0.3, -0.25) is 4.79 Å². The summed E-state index contributed by atoms with van der Waals surface area (Å²) in [4.78, 5) is 22.4. The van der Waals surface area contributed by atoms with Crippen LogP contribution in [0.5, 0.6) is 0 Å². The number of anilines is 1. The van der Waals surface area contributed by atoms with Crippen molar-refractivity contribution in [2.45, 2.75) is 44.2 Å². The molecule has 1 atom stereocenters. The molecule has 2 heterocycles. The van der Waals surface area contributed by atoms with Gasteiger partial charge in [0.25, 0.3) is 5.91 Å². The van der Waals surface area contributed by atoms with Gasteiger partial charge in [-0.25, -0.2) is 18.4 Å². The van der Waals surface area contributed by atoms with Crippen molar-refractivity contribution in [1.82, 2.24) is 15.3 Å². The van der Waals surface area contributed by atoms with Crippen LogP contribution in [-0.2, 0) is 9.84 Å². The minimum atomic E-state index is -2.96. The van der Waals surface area contributed by atoms with Crippen LogP contribution < -0.4 is 10.2 Å². The largest absolute Gasteiger partial charge is 0.356 e. The molecular weight excluding hydrogens is 316 g/mol. The van der Waals surface area contributed by atoms with Crippen molar-refractivity contribution >= 4 is 21.6 Å². The number of nitrogens with one attached hydrogen (secondary N) is 1. The normalized spacial score (nSPS) is 23.8. The highest BCUT2D eigenvalue weighted by Crippen LogP contribution is 2.22. The van der Waals surface area contributed by atoms with E-state index in [9.17, 15) is 13.2 Å². The first-order valence-electron chi connectivity index (χ1n) is 8.01. The molecular formula is C15H22N4O3S. The topological polar surface area (TPSA) is 92.3 Å². The predicted octanol–water partition coefficient (Wildman–Crippen LogP) is 0.772. The van der Waals surface area contributed by atoms with E-state index in [2.05, 4.69) is 15.3 Å². The zero-order valence-electron chi connectivity index (χ0n) is 13.2. The van der Waals surface area contributed by atoms with Crippen LogP contribution in [-0.4, -0.2) is 54.9 Å². The van der Waals surface area contributed by atoms with Crippen LogP contribution in [0.2, 0.25) is 0 Å². The minimum absolute atomic E-state index is 0.0966. The molecule has 126 valence electrons. The van der Waals surface area contributed by atoms with E-state index >= 15 is 0 Å². The van der Waals surface area contributed by atoms with E-state index in [4.69, 9.17) is 0 Å². The highest BCUT2D eigenvalue weighted by molar-refractivity contribution is 7.91. The molecule has 8 heteroatoms. The Bertz CT molecular complexity index is 686. The van der Waals surface area contributed by atoms with Crippen LogP contribution in [0.15, 0.2) is 12.4 Å². The summed E-state index contributed by atoms with van der Waals surface area (Å²) in [5.74, 6) is 0.742. The van der Waals surface area contributed by atoms with Gasteiger partial charge in [0, 0.05) is 25.2 Å². The van der Waals surface area contributed by atoms with Gasteiger partial charge in [-0.2, -0.15) is 0 Å². The van der Waals surface area contributed by atoms with Crippen molar-refractivity contribution in [2.24, 2.45) is 0 Å². The van der Waals surface area contributed by atoms with Crippen LogP contribution in [0.3, 0.4) is 0 Å². The summed E-state index contributed by atoms with van der Waals surface area (Å²) in [5.41, 5.74) is 0.328. The molecule has 23 heavy (non-hydrogen) atoms. The van der Waals surface area contributed by atoms with Gasteiger partial charge in [-0.05, 0) is 19.3 Å². The van der Waals surface area contributed by atoms with Crippen molar-refractivity contribution in [3.8, 4) is 0 Å². The molecule has 1 amide bonds. The van der Waals surface area contributed by atoms with E-state index in [-0.39, 0.29) is 29.5 Å². The Kier molecular flexibility index (Phi) is 4.52. The van der Waals surface area contributed by atoms with Gasteiger partial charge >= 0.3 is 0 Å². The van der Waals surface area contributed by atoms with E-state index in [1.807, 2.05) is 11.9 Å². The fourth-order valence-corrected chi connectivity index (χ4v) is 5.04. The summed E-state index contributed by atoms with van der Waals surface area (Å²) < 4.78 is 23.2. The third-order valence-corrected chi connectivity index (χ3v) is 6.44. The molecule has 0 spiro atoms. The molecule has 1 aromatic heterocycles. The van der Waals surface area contributed by atoms with Gasteiger partial charge in [-0.1, -0.05) is 12.8 Å². The second kappa shape index (κ2) is 6.43. The van der Waals surface area contributed by atoms with Crippen molar-refractivity contribution < 1.29 is 13.2 Å². The van der Waals surface area contributed by atoms with E-state index in [1.165, 1.54) is 6.33 Å². The molecule has 1 aromatic rings. The van der Waals surface area contributed by atoms with Crippen LogP contribution >= 0.6 is 0 Å². The molecule has 7 nitrogen and oxygen atoms in total. The summed E-state index contributed by atoms with van der Waals surface area (Å²) in [6.45, 7) is 0. The number of hydrogen-bond donors (Lipinski definition) is 1. The number of amides is 1. The lowest BCUT2D eigenvalue weighted by atomic mass is 10.2. The van der Waals surface area contributed by atoms with Gasteiger partial charge in [0.1, 0.15) is 17.8 Å². The van der Waals surface area contributed by atoms with Crippen molar-refractivity contribution in [3.05, 3.63) is 18.1 Å². The molecule has 0 bridgehead atoms. The minimum Gasteiger partial charge on any atom is -0.356 e. The Morgan fingerprint density at radius 2 is 2.00 bits per heavy atom. The summed E-state index contributed by atoms with van der Waals surface area (Å²) in [7, 11) is -1.14. The Morgan fingerprint density at radius 3 is 2.65 bits per heavy atom. The van der Waals surface area contributed by atoms with Crippen LogP contribution in [0.1, 0.15) is 42.6 Å². The molecule has 1 aliphatic carbocycles. The molecule has 0 radical (unpaired) electrons. The zero-order valence-corrected chi connectivity index (χ0v) is 14.1. The number of carbonyl (C=O) groups excluding carboxylic acids is 1. The van der Waals surface area contributed by atoms with Crippen LogP contribution in [0.25, 0.3) is 0 Å². The fourth-order valence-electron chi connectivity index (χ4n) is 3.26. The van der Waals surface area contributed by atoms with E-state index in [0.717, 1.165) is 25.7 Å². The molecule has 1 saturated carbocycles. The lowest BCUT2D eigenvalue weighted by Crippen LogP contribution is -2.35. The number of rotatable bonds is 4. The second-order valence-corrected chi connectivity index (χ2v) is 8.61. The van der Waals surface area contributed by atoms with Gasteiger partial charge in [0.05, 0.1) is 11.5 Å². The molecule has 1 unspecified atom stereocenters. The quantitative estimate of drug-likeness (QED) is 0.872. The van der Waals surface area contributed by atoms with Crippen LogP contribution in [0.4, 0.5) is 5.82 Å². The maximum absolute atomic E-state index is 12.3. The molecule has 1 N–H and O–H groups in total. The van der Waals surface area contributed by atoms with E-state index in [1.54, 1.807) is 6.07 Å². The van der Waals surface area contributed by atoms with Gasteiger partial charge < -0.3 is 10.2 Å². The Hall–Kier alpha value is -1.70. The van der Waals surface area contributed by atoms with Gasteiger partial charge in [-0.15, -0.1) is 0 Å². The third-order valence-electron chi connectivity index (χ3n) is 4.69. The molecule has 0 aromatic carbocycles. The van der Waals surface area contributed by atoms with E-state index in [0.29, 0.717) is 17.9 Å². The Balaban J connectivity index is 1.70. The Labute approximate surface area is 136 Å². The number of carbonyl (C=O) groups is 1. The summed E-state index contributed by atoms with van der Waals surface area (Å²) in [6, 6.07) is 1.77. The van der Waals surface area contributed by atoms with Gasteiger partial charge in [0.2, 0.25) is 0 Å². The average molecular weight is 338 g/mol. The summed E-state index contributed by atoms with van der Waals surface area (Å²) >= 11 is 0. The lowest BCUT2D eigenvalue weighted by molar-refractivity contribution is 0.0932. The molecule has 2 fully saturated rings. The fraction of sp³-hybridized carbons (Fsp3) is 0.667. The van der Waals surface area contributed by atoms with Crippen LogP contribution in [0, 0.1) is 0 Å². The molecule has 3 rings (SSSR count). The standard InChI is InChI=1S/C15H22N4O3S/c1-19(12-6-7-23(21,22)9-12)14-8-13(16-10-17-14)15(20)18-11-4-2-3-5-11/h8,10-12H,2-7,9H2,1H3,(H,18,20). The monoisotopic (exact) mass is 338 g/mol. The maximum Gasteiger partial charge on any atom is 0.270 e. The first-order chi connectivity index (χ1) is 10.9. The maximum atomic E-state index is 12.3. The first kappa shape index (κ1) is 16.2. The molecule has 2 aliphatic rings. The molecule has 1 saturated heterocycles. The van der Waals surface area contributed by atoms with Crippen molar-refractivity contribution in [3.63, 3.8) is 0 Å². The molecule has 1 aliphatic heterocycles. The smallest absolute Gasteiger partial charge is 0.270 e. The highest BCUT2D eigenvalue weighted by atomic mass is 32.2. The number of hydrogen-bond acceptors (Lipinski definition) is 6. The number of nitrogens with zero attached hydrogens (tertiary/aromatic N) is 3. The average Bonchev–Trinajstić information content (AvgIpc) is 3.16. The lowest BCUT2D eigenvalue weighted by Gasteiger charge is -2.24. The second-order valence-electron chi connectivity index (χ2n) is 6.38. The number of aromatic nitrogens is 2.